The number of benzene rings is 1. The van der Waals surface area contributed by atoms with E-state index in [1.54, 1.807) is 6.07 Å². The highest BCUT2D eigenvalue weighted by molar-refractivity contribution is 7.15. The van der Waals surface area contributed by atoms with E-state index in [0.717, 1.165) is 23.8 Å². The van der Waals surface area contributed by atoms with Crippen molar-refractivity contribution in [2.45, 2.75) is 25.1 Å². The third-order valence-corrected chi connectivity index (χ3v) is 5.09. The van der Waals surface area contributed by atoms with Crippen molar-refractivity contribution in [3.8, 4) is 10.4 Å². The Kier molecular flexibility index (Phi) is 3.76. The van der Waals surface area contributed by atoms with Gasteiger partial charge in [0.2, 0.25) is 0 Å². The van der Waals surface area contributed by atoms with Crippen molar-refractivity contribution in [2.75, 3.05) is 0 Å². The molecule has 0 amide bonds. The maximum absolute atomic E-state index is 13.1. The molecule has 1 heterocycles. The molecule has 1 nitrogen and oxygen atoms in total. The monoisotopic (exact) mass is 331 g/mol. The molecule has 1 aromatic heterocycles. The minimum atomic E-state index is -4.43. The average molecular weight is 332 g/mol. The Balaban J connectivity index is 2.00. The molecule has 3 rings (SSSR count). The quantitative estimate of drug-likeness (QED) is 0.790. The van der Waals surface area contributed by atoms with Gasteiger partial charge in [-0.05, 0) is 43.0 Å². The minimum absolute atomic E-state index is 0.0645. The molecule has 2 N–H and O–H groups in total. The molecule has 112 valence electrons. The third kappa shape index (κ3) is 3.10. The maximum Gasteiger partial charge on any atom is 0.417 e. The van der Waals surface area contributed by atoms with Gasteiger partial charge in [0.1, 0.15) is 0 Å². The van der Waals surface area contributed by atoms with Crippen LogP contribution in [0, 0.1) is 5.92 Å². The Hall–Kier alpha value is -1.04. The maximum atomic E-state index is 13.1. The van der Waals surface area contributed by atoms with E-state index in [0.29, 0.717) is 10.8 Å². The van der Waals surface area contributed by atoms with E-state index >= 15 is 0 Å². The molecule has 0 aliphatic heterocycles. The highest BCUT2D eigenvalue weighted by Gasteiger charge is 2.35. The fourth-order valence-electron chi connectivity index (χ4n) is 2.33. The lowest BCUT2D eigenvalue weighted by molar-refractivity contribution is -0.137. The fourth-order valence-corrected chi connectivity index (χ4v) is 3.64. The van der Waals surface area contributed by atoms with Crippen LogP contribution in [0.25, 0.3) is 10.4 Å². The van der Waals surface area contributed by atoms with Crippen molar-refractivity contribution in [1.82, 2.24) is 0 Å². The fraction of sp³-hybridized carbons (Fsp3) is 0.333. The average Bonchev–Trinajstić information content (AvgIpc) is 3.15. The zero-order valence-corrected chi connectivity index (χ0v) is 12.5. The number of alkyl halides is 3. The number of thiophene rings is 1. The highest BCUT2D eigenvalue weighted by atomic mass is 35.5. The van der Waals surface area contributed by atoms with Gasteiger partial charge in [-0.2, -0.15) is 13.2 Å². The molecule has 1 aliphatic carbocycles. The van der Waals surface area contributed by atoms with Gasteiger partial charge in [0.05, 0.1) is 5.56 Å². The Labute approximate surface area is 129 Å². The highest BCUT2D eigenvalue weighted by Crippen LogP contribution is 2.45. The van der Waals surface area contributed by atoms with Crippen LogP contribution in [0.15, 0.2) is 30.3 Å². The van der Waals surface area contributed by atoms with Gasteiger partial charge >= 0.3 is 6.18 Å². The lowest BCUT2D eigenvalue weighted by atomic mass is 10.1. The molecule has 1 aliphatic rings. The van der Waals surface area contributed by atoms with Crippen molar-refractivity contribution in [2.24, 2.45) is 11.7 Å². The van der Waals surface area contributed by atoms with Crippen LogP contribution >= 0.6 is 22.9 Å². The minimum Gasteiger partial charge on any atom is -0.323 e. The van der Waals surface area contributed by atoms with E-state index in [9.17, 15) is 13.2 Å². The van der Waals surface area contributed by atoms with Crippen LogP contribution in [-0.4, -0.2) is 0 Å². The normalized spacial score (nSPS) is 17.0. The summed E-state index contributed by atoms with van der Waals surface area (Å²) in [6.45, 7) is 0. The molecule has 6 heteroatoms. The van der Waals surface area contributed by atoms with Gasteiger partial charge < -0.3 is 5.73 Å². The number of rotatable bonds is 3. The number of hydrogen-bond donors (Lipinski definition) is 1. The number of nitrogens with two attached hydrogens (primary N) is 1. The van der Waals surface area contributed by atoms with Crippen molar-refractivity contribution < 1.29 is 13.2 Å². The summed E-state index contributed by atoms with van der Waals surface area (Å²) in [5, 5.41) is 0.0811. The molecule has 0 bridgehead atoms. The van der Waals surface area contributed by atoms with Gasteiger partial charge in [0.25, 0.3) is 0 Å². The van der Waals surface area contributed by atoms with E-state index in [-0.39, 0.29) is 16.6 Å². The van der Waals surface area contributed by atoms with Crippen LogP contribution in [0.3, 0.4) is 0 Å². The van der Waals surface area contributed by atoms with Crippen molar-refractivity contribution in [3.63, 3.8) is 0 Å². The van der Waals surface area contributed by atoms with Gasteiger partial charge in [-0.25, -0.2) is 0 Å². The molecule has 2 aromatic rings. The molecule has 1 fully saturated rings. The van der Waals surface area contributed by atoms with Crippen LogP contribution < -0.4 is 5.73 Å². The van der Waals surface area contributed by atoms with Crippen LogP contribution in [0.1, 0.15) is 29.3 Å². The molecule has 1 aromatic carbocycles. The molecule has 1 unspecified atom stereocenters. The van der Waals surface area contributed by atoms with Crippen LogP contribution in [0.5, 0.6) is 0 Å². The van der Waals surface area contributed by atoms with E-state index in [1.165, 1.54) is 23.5 Å². The summed E-state index contributed by atoms with van der Waals surface area (Å²) in [7, 11) is 0. The summed E-state index contributed by atoms with van der Waals surface area (Å²) in [4.78, 5) is 1.51. The van der Waals surface area contributed by atoms with Gasteiger partial charge in [0, 0.05) is 26.4 Å². The second-order valence-electron chi connectivity index (χ2n) is 5.25. The first kappa shape index (κ1) is 14.9. The van der Waals surface area contributed by atoms with Crippen LogP contribution in [-0.2, 0) is 6.18 Å². The standard InChI is InChI=1S/C15H13ClF3NS/c16-9-3-4-10(11(7-9)15(17,18)19)12-5-6-13(21-12)14(20)8-1-2-8/h3-8,14H,1-2,20H2. The van der Waals surface area contributed by atoms with E-state index in [2.05, 4.69) is 0 Å². The van der Waals surface area contributed by atoms with Gasteiger partial charge in [-0.3, -0.25) is 0 Å². The molecule has 0 radical (unpaired) electrons. The van der Waals surface area contributed by atoms with E-state index in [1.807, 2.05) is 6.07 Å². The molecular formula is C15H13ClF3NS. The second-order valence-corrected chi connectivity index (χ2v) is 6.80. The van der Waals surface area contributed by atoms with E-state index in [4.69, 9.17) is 17.3 Å². The lowest BCUT2D eigenvalue weighted by Gasteiger charge is -2.12. The molecule has 1 atom stereocenters. The third-order valence-electron chi connectivity index (χ3n) is 3.64. The first-order valence-electron chi connectivity index (χ1n) is 6.58. The number of hydrogen-bond acceptors (Lipinski definition) is 2. The summed E-state index contributed by atoms with van der Waals surface area (Å²) in [6, 6.07) is 7.34. The van der Waals surface area contributed by atoms with Crippen molar-refractivity contribution in [1.29, 1.82) is 0 Å². The topological polar surface area (TPSA) is 26.0 Å². The number of halogens is 4. The Morgan fingerprint density at radius 2 is 1.90 bits per heavy atom. The molecule has 21 heavy (non-hydrogen) atoms. The summed E-state index contributed by atoms with van der Waals surface area (Å²) in [6.07, 6.45) is -2.23. The molecule has 1 saturated carbocycles. The summed E-state index contributed by atoms with van der Waals surface area (Å²) in [5.74, 6) is 0.476. The zero-order valence-electron chi connectivity index (χ0n) is 11.0. The predicted molar refractivity (Wildman–Crippen MR) is 79.4 cm³/mol. The first-order chi connectivity index (χ1) is 9.86. The smallest absolute Gasteiger partial charge is 0.323 e. The first-order valence-corrected chi connectivity index (χ1v) is 7.78. The second kappa shape index (κ2) is 5.30. The summed E-state index contributed by atoms with van der Waals surface area (Å²) < 4.78 is 39.4. The molecular weight excluding hydrogens is 319 g/mol. The van der Waals surface area contributed by atoms with E-state index < -0.39 is 11.7 Å². The largest absolute Gasteiger partial charge is 0.417 e. The SMILES string of the molecule is NC(c1ccc(-c2ccc(Cl)cc2C(F)(F)F)s1)C1CC1. The van der Waals surface area contributed by atoms with Crippen molar-refractivity contribution in [3.05, 3.63) is 45.8 Å². The van der Waals surface area contributed by atoms with Gasteiger partial charge in [-0.15, -0.1) is 11.3 Å². The Morgan fingerprint density at radius 3 is 2.52 bits per heavy atom. The van der Waals surface area contributed by atoms with Gasteiger partial charge in [-0.1, -0.05) is 17.7 Å². The summed E-state index contributed by atoms with van der Waals surface area (Å²) >= 11 is 7.03. The molecule has 0 saturated heterocycles. The van der Waals surface area contributed by atoms with Crippen LogP contribution in [0.4, 0.5) is 13.2 Å². The Morgan fingerprint density at radius 1 is 1.19 bits per heavy atom. The van der Waals surface area contributed by atoms with Crippen molar-refractivity contribution >= 4 is 22.9 Å². The van der Waals surface area contributed by atoms with Gasteiger partial charge in [0.15, 0.2) is 0 Å². The lowest BCUT2D eigenvalue weighted by Crippen LogP contribution is -2.10. The summed E-state index contributed by atoms with van der Waals surface area (Å²) in [5.41, 5.74) is 5.56. The van der Waals surface area contributed by atoms with Crippen LogP contribution in [0.2, 0.25) is 5.02 Å². The zero-order chi connectivity index (χ0) is 15.2. The Bertz CT molecular complexity index is 661. The molecule has 0 spiro atoms. The predicted octanol–water partition coefficient (Wildman–Crippen LogP) is 5.50.